The van der Waals surface area contributed by atoms with E-state index in [1.54, 1.807) is 0 Å². The highest BCUT2D eigenvalue weighted by atomic mass is 16.3. The van der Waals surface area contributed by atoms with Crippen molar-refractivity contribution in [1.29, 1.82) is 0 Å². The Hall–Kier alpha value is -0.0800. The van der Waals surface area contributed by atoms with Crippen LogP contribution in [0, 0.1) is 0 Å². The van der Waals surface area contributed by atoms with E-state index in [1.165, 1.54) is 32.1 Å². The van der Waals surface area contributed by atoms with Gasteiger partial charge in [-0.1, -0.05) is 6.42 Å². The van der Waals surface area contributed by atoms with E-state index in [4.69, 9.17) is 5.11 Å². The zero-order valence-electron chi connectivity index (χ0n) is 7.92. The van der Waals surface area contributed by atoms with Crippen molar-refractivity contribution >= 4 is 0 Å². The molecule has 0 unspecified atom stereocenters. The lowest BCUT2D eigenvalue weighted by atomic mass is 9.86. The van der Waals surface area contributed by atoms with E-state index in [9.17, 15) is 0 Å². The van der Waals surface area contributed by atoms with Gasteiger partial charge in [0.15, 0.2) is 0 Å². The van der Waals surface area contributed by atoms with Gasteiger partial charge in [-0.25, -0.2) is 0 Å². The molecule has 2 fully saturated rings. The summed E-state index contributed by atoms with van der Waals surface area (Å²) in [7, 11) is 2.24. The Balaban J connectivity index is 2.12. The molecule has 0 aromatic rings. The van der Waals surface area contributed by atoms with Crippen LogP contribution >= 0.6 is 0 Å². The van der Waals surface area contributed by atoms with Gasteiger partial charge < -0.3 is 5.11 Å². The average Bonchev–Trinajstić information content (AvgIpc) is 2.30. The molecule has 0 radical (unpaired) electrons. The monoisotopic (exact) mass is 169 g/mol. The summed E-state index contributed by atoms with van der Waals surface area (Å²) in [5, 5.41) is 9.02. The quantitative estimate of drug-likeness (QED) is 0.675. The topological polar surface area (TPSA) is 23.5 Å². The Bertz CT molecular complexity index is 162. The largest absolute Gasteiger partial charge is 0.396 e. The Kier molecular flexibility index (Phi) is 2.13. The maximum atomic E-state index is 9.02. The standard InChI is InChI=1S/C10H19NO/c1-11-9-3-2-5-10(11,6-4-9)7-8-12/h9,12H,2-8H2,1H3/t9-,10+/m1/s1. The molecule has 0 aromatic heterocycles. The summed E-state index contributed by atoms with van der Waals surface area (Å²) in [6.45, 7) is 0.358. The van der Waals surface area contributed by atoms with Crippen LogP contribution in [0.15, 0.2) is 0 Å². The molecule has 0 aromatic carbocycles. The lowest BCUT2D eigenvalue weighted by Gasteiger charge is -2.42. The number of piperidine rings is 1. The molecule has 2 nitrogen and oxygen atoms in total. The highest BCUT2D eigenvalue weighted by Crippen LogP contribution is 2.44. The molecule has 2 rings (SSSR count). The summed E-state index contributed by atoms with van der Waals surface area (Å²) in [6, 6.07) is 0.824. The summed E-state index contributed by atoms with van der Waals surface area (Å²) < 4.78 is 0. The van der Waals surface area contributed by atoms with Crippen molar-refractivity contribution in [2.45, 2.75) is 50.1 Å². The number of aliphatic hydroxyl groups is 1. The molecule has 2 saturated heterocycles. The van der Waals surface area contributed by atoms with Crippen molar-refractivity contribution in [3.63, 3.8) is 0 Å². The van der Waals surface area contributed by atoms with Gasteiger partial charge in [0.25, 0.3) is 0 Å². The minimum Gasteiger partial charge on any atom is -0.396 e. The highest BCUT2D eigenvalue weighted by molar-refractivity contribution is 5.02. The Morgan fingerprint density at radius 1 is 1.42 bits per heavy atom. The number of hydrogen-bond donors (Lipinski definition) is 1. The third kappa shape index (κ3) is 1.09. The second-order valence-electron chi connectivity index (χ2n) is 4.39. The van der Waals surface area contributed by atoms with Crippen LogP contribution in [-0.4, -0.2) is 35.2 Å². The summed E-state index contributed by atoms with van der Waals surface area (Å²) in [5.41, 5.74) is 0.387. The van der Waals surface area contributed by atoms with E-state index in [1.807, 2.05) is 0 Å². The number of fused-ring (bicyclic) bond motifs is 2. The van der Waals surface area contributed by atoms with Gasteiger partial charge in [0.2, 0.25) is 0 Å². The summed E-state index contributed by atoms with van der Waals surface area (Å²) in [6.07, 6.45) is 7.71. The van der Waals surface area contributed by atoms with E-state index in [-0.39, 0.29) is 0 Å². The zero-order valence-corrected chi connectivity index (χ0v) is 7.92. The van der Waals surface area contributed by atoms with Crippen LogP contribution in [0.5, 0.6) is 0 Å². The van der Waals surface area contributed by atoms with E-state index in [0.29, 0.717) is 12.1 Å². The maximum absolute atomic E-state index is 9.02. The average molecular weight is 169 g/mol. The summed E-state index contributed by atoms with van der Waals surface area (Å²) >= 11 is 0. The minimum atomic E-state index is 0.358. The lowest BCUT2D eigenvalue weighted by Crippen LogP contribution is -2.48. The molecule has 0 saturated carbocycles. The lowest BCUT2D eigenvalue weighted by molar-refractivity contribution is 0.0577. The van der Waals surface area contributed by atoms with Gasteiger partial charge in [0, 0.05) is 18.2 Å². The number of hydrogen-bond acceptors (Lipinski definition) is 2. The Labute approximate surface area is 74.6 Å². The molecule has 2 atom stereocenters. The van der Waals surface area contributed by atoms with Crippen LogP contribution in [0.25, 0.3) is 0 Å². The van der Waals surface area contributed by atoms with Gasteiger partial charge in [-0.3, -0.25) is 4.90 Å². The number of aliphatic hydroxyl groups excluding tert-OH is 1. The normalized spacial score (nSPS) is 42.0. The van der Waals surface area contributed by atoms with Crippen LogP contribution in [0.3, 0.4) is 0 Å². The minimum absolute atomic E-state index is 0.358. The second-order valence-corrected chi connectivity index (χ2v) is 4.39. The van der Waals surface area contributed by atoms with E-state index >= 15 is 0 Å². The fraction of sp³-hybridized carbons (Fsp3) is 1.00. The molecule has 12 heavy (non-hydrogen) atoms. The summed E-state index contributed by atoms with van der Waals surface area (Å²) in [4.78, 5) is 2.53. The Morgan fingerprint density at radius 2 is 2.25 bits per heavy atom. The molecule has 0 spiro atoms. The van der Waals surface area contributed by atoms with Crippen LogP contribution < -0.4 is 0 Å². The molecular formula is C10H19NO. The fourth-order valence-corrected chi connectivity index (χ4v) is 3.13. The molecule has 2 aliphatic heterocycles. The first kappa shape index (κ1) is 8.52. The first-order valence-electron chi connectivity index (χ1n) is 5.12. The van der Waals surface area contributed by atoms with Gasteiger partial charge >= 0.3 is 0 Å². The predicted molar refractivity (Wildman–Crippen MR) is 49.1 cm³/mol. The smallest absolute Gasteiger partial charge is 0.0448 e. The molecule has 70 valence electrons. The molecule has 2 aliphatic rings. The van der Waals surface area contributed by atoms with Gasteiger partial charge in [-0.2, -0.15) is 0 Å². The summed E-state index contributed by atoms with van der Waals surface area (Å²) in [5.74, 6) is 0. The van der Waals surface area contributed by atoms with E-state index in [0.717, 1.165) is 12.5 Å². The third-order valence-electron chi connectivity index (χ3n) is 4.00. The van der Waals surface area contributed by atoms with E-state index < -0.39 is 0 Å². The molecular weight excluding hydrogens is 150 g/mol. The first-order valence-corrected chi connectivity index (χ1v) is 5.12. The highest BCUT2D eigenvalue weighted by Gasteiger charge is 2.45. The van der Waals surface area contributed by atoms with Crippen molar-refractivity contribution in [1.82, 2.24) is 4.90 Å². The molecule has 1 N–H and O–H groups in total. The molecule has 2 heteroatoms. The van der Waals surface area contributed by atoms with Gasteiger partial charge in [0.1, 0.15) is 0 Å². The molecule has 2 bridgehead atoms. The molecule has 0 aliphatic carbocycles. The van der Waals surface area contributed by atoms with Crippen LogP contribution in [0.4, 0.5) is 0 Å². The van der Waals surface area contributed by atoms with Crippen molar-refractivity contribution in [2.24, 2.45) is 0 Å². The fourth-order valence-electron chi connectivity index (χ4n) is 3.13. The van der Waals surface area contributed by atoms with Crippen molar-refractivity contribution in [3.05, 3.63) is 0 Å². The van der Waals surface area contributed by atoms with Gasteiger partial charge in [-0.05, 0) is 39.2 Å². The van der Waals surface area contributed by atoms with Crippen LogP contribution in [0.1, 0.15) is 38.5 Å². The van der Waals surface area contributed by atoms with Crippen molar-refractivity contribution in [3.8, 4) is 0 Å². The zero-order chi connectivity index (χ0) is 8.60. The predicted octanol–water partition coefficient (Wildman–Crippen LogP) is 1.39. The van der Waals surface area contributed by atoms with Gasteiger partial charge in [-0.15, -0.1) is 0 Å². The molecule has 0 amide bonds. The van der Waals surface area contributed by atoms with Crippen molar-refractivity contribution < 1.29 is 5.11 Å². The third-order valence-corrected chi connectivity index (χ3v) is 4.00. The maximum Gasteiger partial charge on any atom is 0.0448 e. The number of rotatable bonds is 2. The van der Waals surface area contributed by atoms with Crippen LogP contribution in [-0.2, 0) is 0 Å². The van der Waals surface area contributed by atoms with Gasteiger partial charge in [0.05, 0.1) is 0 Å². The first-order chi connectivity index (χ1) is 5.78. The molecule has 2 heterocycles. The second kappa shape index (κ2) is 3.00. The van der Waals surface area contributed by atoms with Crippen LogP contribution in [0.2, 0.25) is 0 Å². The number of nitrogens with zero attached hydrogens (tertiary/aromatic N) is 1. The van der Waals surface area contributed by atoms with E-state index in [2.05, 4.69) is 11.9 Å². The van der Waals surface area contributed by atoms with Crippen molar-refractivity contribution in [2.75, 3.05) is 13.7 Å². The SMILES string of the molecule is CN1[C@@H]2CCC[C@@]1(CCO)CC2. The Morgan fingerprint density at radius 3 is 3.00 bits per heavy atom.